The molecule has 1 aliphatic rings. The molecule has 0 radical (unpaired) electrons. The van der Waals surface area contributed by atoms with Gasteiger partial charge in [0.1, 0.15) is 5.65 Å². The van der Waals surface area contributed by atoms with Crippen molar-refractivity contribution in [2.45, 2.75) is 33.7 Å². The van der Waals surface area contributed by atoms with Crippen LogP contribution in [0.1, 0.15) is 32.9 Å². The van der Waals surface area contributed by atoms with Crippen LogP contribution < -0.4 is 10.2 Å². The highest BCUT2D eigenvalue weighted by atomic mass is 15.2. The first-order valence-electron chi connectivity index (χ1n) is 8.10. The van der Waals surface area contributed by atoms with Gasteiger partial charge in [0.15, 0.2) is 5.82 Å². The second kappa shape index (κ2) is 6.06. The van der Waals surface area contributed by atoms with E-state index in [2.05, 4.69) is 59.8 Å². The van der Waals surface area contributed by atoms with Crippen molar-refractivity contribution in [3.8, 4) is 0 Å². The number of nitrogens with one attached hydrogen (secondary N) is 1. The average Bonchev–Trinajstić information content (AvgIpc) is 2.83. The molecule has 0 aromatic carbocycles. The zero-order chi connectivity index (χ0) is 14.8. The van der Waals surface area contributed by atoms with Gasteiger partial charge in [0.05, 0.1) is 5.69 Å². The minimum absolute atomic E-state index is 0.741. The van der Waals surface area contributed by atoms with Gasteiger partial charge in [-0.15, -0.1) is 0 Å². The van der Waals surface area contributed by atoms with Crippen molar-refractivity contribution in [3.63, 3.8) is 0 Å². The fourth-order valence-corrected chi connectivity index (χ4v) is 3.53. The van der Waals surface area contributed by atoms with Crippen molar-refractivity contribution in [1.29, 1.82) is 0 Å². The van der Waals surface area contributed by atoms with Crippen molar-refractivity contribution in [2.75, 3.05) is 24.5 Å². The number of hydrogen-bond donors (Lipinski definition) is 1. The first kappa shape index (κ1) is 14.4. The highest BCUT2D eigenvalue weighted by molar-refractivity contribution is 5.56. The minimum Gasteiger partial charge on any atom is -0.355 e. The Hall–Kier alpha value is -1.55. The molecule has 3 rings (SSSR count). The minimum atomic E-state index is 0.741. The summed E-state index contributed by atoms with van der Waals surface area (Å²) in [6, 6.07) is 6.23. The molecular weight excluding hydrogens is 260 g/mol. The summed E-state index contributed by atoms with van der Waals surface area (Å²) < 4.78 is 2.22. The normalized spacial score (nSPS) is 22.9. The maximum atomic E-state index is 4.91. The fourth-order valence-electron chi connectivity index (χ4n) is 3.53. The summed E-state index contributed by atoms with van der Waals surface area (Å²) in [5, 5.41) is 3.46. The van der Waals surface area contributed by atoms with Gasteiger partial charge in [0.2, 0.25) is 0 Å². The van der Waals surface area contributed by atoms with E-state index in [0.717, 1.165) is 43.7 Å². The molecule has 114 valence electrons. The Labute approximate surface area is 127 Å². The Morgan fingerprint density at radius 3 is 2.71 bits per heavy atom. The van der Waals surface area contributed by atoms with E-state index in [1.807, 2.05) is 0 Å². The summed E-state index contributed by atoms with van der Waals surface area (Å²) in [7, 11) is 0. The van der Waals surface area contributed by atoms with E-state index >= 15 is 0 Å². The van der Waals surface area contributed by atoms with Crippen molar-refractivity contribution >= 4 is 11.5 Å². The lowest BCUT2D eigenvalue weighted by molar-refractivity contribution is 0.355. The number of piperidine rings is 1. The van der Waals surface area contributed by atoms with Crippen LogP contribution in [0.4, 0.5) is 5.82 Å². The van der Waals surface area contributed by atoms with Crippen LogP contribution in [-0.4, -0.2) is 29.0 Å². The molecule has 2 unspecified atom stereocenters. The molecule has 0 saturated carbocycles. The second-order valence-electron chi connectivity index (χ2n) is 6.44. The second-order valence-corrected chi connectivity index (χ2v) is 6.44. The number of nitrogens with zero attached hydrogens (tertiary/aromatic N) is 3. The van der Waals surface area contributed by atoms with E-state index in [4.69, 9.17) is 4.98 Å². The van der Waals surface area contributed by atoms with E-state index in [-0.39, 0.29) is 0 Å². The SMILES string of the molecule is CCNCc1c(N2CC(C)CC(C)C2)nc2ccccn12. The molecule has 1 aliphatic heterocycles. The molecule has 1 N–H and O–H groups in total. The van der Waals surface area contributed by atoms with Crippen LogP contribution in [-0.2, 0) is 6.54 Å². The number of hydrogen-bond acceptors (Lipinski definition) is 3. The number of anilines is 1. The Bertz CT molecular complexity index is 594. The summed E-state index contributed by atoms with van der Waals surface area (Å²) in [5.74, 6) is 2.65. The molecule has 1 saturated heterocycles. The quantitative estimate of drug-likeness (QED) is 0.938. The smallest absolute Gasteiger partial charge is 0.152 e. The van der Waals surface area contributed by atoms with Crippen LogP contribution in [0.5, 0.6) is 0 Å². The van der Waals surface area contributed by atoms with Gasteiger partial charge in [0.25, 0.3) is 0 Å². The lowest BCUT2D eigenvalue weighted by Crippen LogP contribution is -2.39. The number of rotatable bonds is 4. The largest absolute Gasteiger partial charge is 0.355 e. The number of fused-ring (bicyclic) bond motifs is 1. The summed E-state index contributed by atoms with van der Waals surface area (Å²) >= 11 is 0. The molecule has 4 heteroatoms. The molecule has 3 heterocycles. The molecule has 2 atom stereocenters. The van der Waals surface area contributed by atoms with Crippen LogP contribution in [0.25, 0.3) is 5.65 Å². The maximum absolute atomic E-state index is 4.91. The highest BCUT2D eigenvalue weighted by Gasteiger charge is 2.26. The van der Waals surface area contributed by atoms with Crippen LogP contribution in [0.3, 0.4) is 0 Å². The van der Waals surface area contributed by atoms with Crippen molar-refractivity contribution in [3.05, 3.63) is 30.1 Å². The molecular formula is C17H26N4. The average molecular weight is 286 g/mol. The number of imidazole rings is 1. The van der Waals surface area contributed by atoms with Gasteiger partial charge in [-0.3, -0.25) is 0 Å². The third kappa shape index (κ3) is 2.91. The lowest BCUT2D eigenvalue weighted by atomic mass is 9.92. The topological polar surface area (TPSA) is 32.6 Å². The van der Waals surface area contributed by atoms with Gasteiger partial charge < -0.3 is 14.6 Å². The molecule has 0 aliphatic carbocycles. The van der Waals surface area contributed by atoms with Gasteiger partial charge in [-0.1, -0.05) is 26.8 Å². The molecule has 0 spiro atoms. The highest BCUT2D eigenvalue weighted by Crippen LogP contribution is 2.29. The monoisotopic (exact) mass is 286 g/mol. The molecule has 21 heavy (non-hydrogen) atoms. The Kier molecular flexibility index (Phi) is 4.15. The Balaban J connectivity index is 1.99. The van der Waals surface area contributed by atoms with Crippen LogP contribution in [0.2, 0.25) is 0 Å². The standard InChI is InChI=1S/C17H26N4/c1-4-18-10-15-17(19-16-7-5-6-8-21(15)16)20-11-13(2)9-14(3)12-20/h5-8,13-14,18H,4,9-12H2,1-3H3. The molecule has 2 aromatic heterocycles. The number of pyridine rings is 1. The maximum Gasteiger partial charge on any atom is 0.152 e. The summed E-state index contributed by atoms with van der Waals surface area (Å²) in [4.78, 5) is 7.39. The van der Waals surface area contributed by atoms with E-state index in [9.17, 15) is 0 Å². The van der Waals surface area contributed by atoms with Gasteiger partial charge in [-0.05, 0) is 36.9 Å². The van der Waals surface area contributed by atoms with Crippen LogP contribution in [0, 0.1) is 11.8 Å². The first-order chi connectivity index (χ1) is 10.2. The molecule has 0 amide bonds. The van der Waals surface area contributed by atoms with Crippen LogP contribution in [0.15, 0.2) is 24.4 Å². The van der Waals surface area contributed by atoms with Crippen LogP contribution >= 0.6 is 0 Å². The Morgan fingerprint density at radius 1 is 1.24 bits per heavy atom. The summed E-state index contributed by atoms with van der Waals surface area (Å²) in [6.45, 7) is 10.9. The third-order valence-corrected chi connectivity index (χ3v) is 4.32. The fraction of sp³-hybridized carbons (Fsp3) is 0.588. The van der Waals surface area contributed by atoms with Crippen molar-refractivity contribution in [1.82, 2.24) is 14.7 Å². The van der Waals surface area contributed by atoms with E-state index in [0.29, 0.717) is 0 Å². The molecule has 2 aromatic rings. The van der Waals surface area contributed by atoms with E-state index < -0.39 is 0 Å². The number of aromatic nitrogens is 2. The Morgan fingerprint density at radius 2 is 2.00 bits per heavy atom. The van der Waals surface area contributed by atoms with E-state index in [1.165, 1.54) is 17.9 Å². The van der Waals surface area contributed by atoms with Gasteiger partial charge in [-0.25, -0.2) is 4.98 Å². The van der Waals surface area contributed by atoms with Crippen molar-refractivity contribution in [2.24, 2.45) is 11.8 Å². The molecule has 0 bridgehead atoms. The third-order valence-electron chi connectivity index (χ3n) is 4.32. The lowest BCUT2D eigenvalue weighted by Gasteiger charge is -2.35. The van der Waals surface area contributed by atoms with Gasteiger partial charge in [0, 0.05) is 25.8 Å². The van der Waals surface area contributed by atoms with Gasteiger partial charge >= 0.3 is 0 Å². The zero-order valence-corrected chi connectivity index (χ0v) is 13.3. The zero-order valence-electron chi connectivity index (χ0n) is 13.3. The summed E-state index contributed by atoms with van der Waals surface area (Å²) in [5.41, 5.74) is 2.33. The van der Waals surface area contributed by atoms with Gasteiger partial charge in [-0.2, -0.15) is 0 Å². The summed E-state index contributed by atoms with van der Waals surface area (Å²) in [6.07, 6.45) is 3.45. The predicted molar refractivity (Wildman–Crippen MR) is 87.7 cm³/mol. The van der Waals surface area contributed by atoms with E-state index in [1.54, 1.807) is 0 Å². The molecule has 4 nitrogen and oxygen atoms in total. The first-order valence-corrected chi connectivity index (χ1v) is 8.10. The van der Waals surface area contributed by atoms with Crippen molar-refractivity contribution < 1.29 is 0 Å². The predicted octanol–water partition coefficient (Wildman–Crippen LogP) is 2.93. The molecule has 1 fully saturated rings.